The van der Waals surface area contributed by atoms with Crippen molar-refractivity contribution < 1.29 is 30.3 Å². The van der Waals surface area contributed by atoms with Crippen LogP contribution in [0.4, 0.5) is 13.2 Å². The zero-order valence-corrected chi connectivity index (χ0v) is 26.6. The van der Waals surface area contributed by atoms with Crippen LogP contribution >= 0.6 is 24.4 Å². The third kappa shape index (κ3) is 23.1. The summed E-state index contributed by atoms with van der Waals surface area (Å²) >= 11 is 9.02. The van der Waals surface area contributed by atoms with Gasteiger partial charge in [-0.25, -0.2) is 9.98 Å². The lowest BCUT2D eigenvalue weighted by atomic mass is 10.2. The molecule has 7 nitrogen and oxygen atoms in total. The van der Waals surface area contributed by atoms with Gasteiger partial charge >= 0.3 is 15.6 Å². The van der Waals surface area contributed by atoms with E-state index in [0.717, 1.165) is 45.6 Å². The number of halogens is 3. The number of quaternary nitrogens is 1. The van der Waals surface area contributed by atoms with Gasteiger partial charge in [0.2, 0.25) is 0 Å². The largest absolute Gasteiger partial charge is 0.523 e. The Morgan fingerprint density at radius 1 is 0.816 bits per heavy atom. The summed E-state index contributed by atoms with van der Waals surface area (Å²) in [6, 6.07) is 0. The summed E-state index contributed by atoms with van der Waals surface area (Å²) in [4.78, 5) is 10.2. The van der Waals surface area contributed by atoms with Gasteiger partial charge in [0.15, 0.2) is 0 Å². The van der Waals surface area contributed by atoms with Crippen LogP contribution in [0.15, 0.2) is 9.98 Å². The summed E-state index contributed by atoms with van der Waals surface area (Å²) in [5.41, 5.74) is -5.30. The molecule has 0 saturated heterocycles. The van der Waals surface area contributed by atoms with Gasteiger partial charge in [-0.2, -0.15) is 21.6 Å². The van der Waals surface area contributed by atoms with Gasteiger partial charge < -0.3 is 9.38 Å². The number of aliphatic imine (C=N–C) groups is 2. The normalized spacial score (nSPS) is 11.4. The minimum Gasteiger partial charge on any atom is -0.324 e. The van der Waals surface area contributed by atoms with Crippen LogP contribution < -0.4 is 0 Å². The van der Waals surface area contributed by atoms with Crippen molar-refractivity contribution in [2.75, 3.05) is 65.5 Å². The van der Waals surface area contributed by atoms with Gasteiger partial charge in [-0.05, 0) is 77.2 Å². The SMILES string of the molecule is CCCCOS(=O)(=O)C(F)(F)F.CCCC[N+](CC)(CC)CCCN=C=S.CCN(CC)CCCN=C=S. The molecule has 0 radical (unpaired) electrons. The number of isothiocyanates is 2. The summed E-state index contributed by atoms with van der Waals surface area (Å²) in [6.45, 7) is 22.5. The Kier molecular flexibility index (Phi) is 29.0. The second-order valence-corrected chi connectivity index (χ2v) is 10.5. The molecule has 0 aliphatic heterocycles. The van der Waals surface area contributed by atoms with Crippen LogP contribution in [-0.2, 0) is 14.3 Å². The molecule has 13 heteroatoms. The number of rotatable bonds is 19. The van der Waals surface area contributed by atoms with E-state index in [1.54, 1.807) is 6.92 Å². The number of unbranched alkanes of at least 4 members (excludes halogenated alkanes) is 2. The van der Waals surface area contributed by atoms with Gasteiger partial charge in [0.05, 0.1) is 56.2 Å². The van der Waals surface area contributed by atoms with Crippen molar-refractivity contribution in [2.24, 2.45) is 9.98 Å². The zero-order chi connectivity index (χ0) is 29.9. The van der Waals surface area contributed by atoms with Gasteiger partial charge in [-0.1, -0.05) is 40.5 Å². The minimum absolute atomic E-state index is 0.287. The smallest absolute Gasteiger partial charge is 0.324 e. The average molecular weight is 608 g/mol. The summed E-state index contributed by atoms with van der Waals surface area (Å²) in [6.07, 6.45) is 5.71. The fourth-order valence-corrected chi connectivity index (χ4v) is 3.98. The predicted octanol–water partition coefficient (Wildman–Crippen LogP) is 6.61. The first-order chi connectivity index (χ1) is 17.9. The van der Waals surface area contributed by atoms with Crippen molar-refractivity contribution in [2.45, 2.75) is 85.6 Å². The van der Waals surface area contributed by atoms with E-state index in [4.69, 9.17) is 0 Å². The van der Waals surface area contributed by atoms with Crippen molar-refractivity contribution in [1.82, 2.24) is 4.90 Å². The molecule has 0 aromatic heterocycles. The molecular weight excluding hydrogens is 557 g/mol. The molecule has 38 heavy (non-hydrogen) atoms. The van der Waals surface area contributed by atoms with E-state index < -0.39 is 22.2 Å². The molecule has 0 rings (SSSR count). The Morgan fingerprint density at radius 2 is 1.29 bits per heavy atom. The second-order valence-electron chi connectivity index (χ2n) is 8.53. The standard InChI is InChI=1S/C12H25N2S.C8H16N2S.C5H9F3O3S/c1-4-7-10-14(5-2,6-3)11-8-9-13-12-15;1-3-10(4-2)7-5-6-9-8-11;1-2-3-4-11-12(9,10)5(6,7)8/h4-11H2,1-3H3;3-7H2,1-2H3;2-4H2,1H3/q+1;;. The van der Waals surface area contributed by atoms with Gasteiger partial charge in [0.25, 0.3) is 0 Å². The number of hydrogen-bond donors (Lipinski definition) is 0. The molecule has 0 saturated carbocycles. The summed E-state index contributed by atoms with van der Waals surface area (Å²) < 4.78 is 59.9. The minimum atomic E-state index is -5.37. The molecular formula is C25H50F3N4O3S3+. The van der Waals surface area contributed by atoms with Crippen LogP contribution in [0.3, 0.4) is 0 Å². The van der Waals surface area contributed by atoms with E-state index in [-0.39, 0.29) is 6.42 Å². The van der Waals surface area contributed by atoms with E-state index in [0.29, 0.717) is 6.42 Å². The summed E-state index contributed by atoms with van der Waals surface area (Å²) in [5, 5.41) is 4.80. The first-order valence-electron chi connectivity index (χ1n) is 13.5. The highest BCUT2D eigenvalue weighted by Gasteiger charge is 2.47. The first kappa shape index (κ1) is 41.7. The van der Waals surface area contributed by atoms with Crippen LogP contribution in [-0.4, -0.2) is 99.1 Å². The monoisotopic (exact) mass is 607 g/mol. The Morgan fingerprint density at radius 3 is 1.68 bits per heavy atom. The second kappa shape index (κ2) is 26.4. The summed E-state index contributed by atoms with van der Waals surface area (Å²) in [5.74, 6) is 0. The third-order valence-corrected chi connectivity index (χ3v) is 7.32. The lowest BCUT2D eigenvalue weighted by molar-refractivity contribution is -0.925. The highest BCUT2D eigenvalue weighted by atomic mass is 32.2. The lowest BCUT2D eigenvalue weighted by Gasteiger charge is -2.37. The van der Waals surface area contributed by atoms with E-state index in [2.05, 4.69) is 88.4 Å². The molecule has 0 atom stereocenters. The molecule has 0 aromatic carbocycles. The van der Waals surface area contributed by atoms with E-state index >= 15 is 0 Å². The van der Waals surface area contributed by atoms with Crippen molar-refractivity contribution in [3.63, 3.8) is 0 Å². The highest BCUT2D eigenvalue weighted by Crippen LogP contribution is 2.24. The Hall–Kier alpha value is -0.780. The van der Waals surface area contributed by atoms with Crippen molar-refractivity contribution in [3.8, 4) is 0 Å². The number of hydrogen-bond acceptors (Lipinski definition) is 8. The lowest BCUT2D eigenvalue weighted by Crippen LogP contribution is -2.49. The highest BCUT2D eigenvalue weighted by molar-refractivity contribution is 7.87. The van der Waals surface area contributed by atoms with Crippen LogP contribution in [0, 0.1) is 0 Å². The fraction of sp³-hybridized carbons (Fsp3) is 0.920. The number of alkyl halides is 3. The predicted molar refractivity (Wildman–Crippen MR) is 159 cm³/mol. The van der Waals surface area contributed by atoms with Crippen LogP contribution in [0.2, 0.25) is 0 Å². The molecule has 0 heterocycles. The molecule has 0 fully saturated rings. The molecule has 0 aliphatic carbocycles. The molecule has 0 unspecified atom stereocenters. The van der Waals surface area contributed by atoms with E-state index in [1.807, 2.05) is 0 Å². The van der Waals surface area contributed by atoms with E-state index in [1.165, 1.54) is 43.5 Å². The zero-order valence-electron chi connectivity index (χ0n) is 24.2. The maximum absolute atomic E-state index is 11.5. The first-order valence-corrected chi connectivity index (χ1v) is 15.7. The van der Waals surface area contributed by atoms with Crippen molar-refractivity contribution in [3.05, 3.63) is 0 Å². The number of thiocarbonyl (C=S) groups is 2. The molecule has 0 aliphatic rings. The maximum Gasteiger partial charge on any atom is 0.523 e. The van der Waals surface area contributed by atoms with Crippen molar-refractivity contribution >= 4 is 44.9 Å². The average Bonchev–Trinajstić information content (AvgIpc) is 2.89. The Balaban J connectivity index is -0.000000491. The topological polar surface area (TPSA) is 71.3 Å². The van der Waals surface area contributed by atoms with Gasteiger partial charge in [-0.3, -0.25) is 4.18 Å². The quantitative estimate of drug-likeness (QED) is 0.0411. The molecule has 226 valence electrons. The Bertz CT molecular complexity index is 749. The van der Waals surface area contributed by atoms with E-state index in [9.17, 15) is 21.6 Å². The van der Waals surface area contributed by atoms with Gasteiger partial charge in [-0.15, -0.1) is 0 Å². The summed E-state index contributed by atoms with van der Waals surface area (Å²) in [7, 11) is -5.37. The molecule has 0 bridgehead atoms. The van der Waals surface area contributed by atoms with Crippen LogP contribution in [0.1, 0.15) is 80.1 Å². The van der Waals surface area contributed by atoms with Gasteiger partial charge in [0, 0.05) is 6.42 Å². The van der Waals surface area contributed by atoms with Gasteiger partial charge in [0.1, 0.15) is 0 Å². The fourth-order valence-electron chi connectivity index (χ4n) is 3.33. The molecule has 0 amide bonds. The van der Waals surface area contributed by atoms with Crippen LogP contribution in [0.25, 0.3) is 0 Å². The molecule has 0 aromatic rings. The van der Waals surface area contributed by atoms with Crippen LogP contribution in [0.5, 0.6) is 0 Å². The van der Waals surface area contributed by atoms with Crippen molar-refractivity contribution in [1.29, 1.82) is 0 Å². The maximum atomic E-state index is 11.5. The third-order valence-electron chi connectivity index (χ3n) is 6.02. The Labute approximate surface area is 240 Å². The molecule has 0 N–H and O–H groups in total. The molecule has 0 spiro atoms. The number of nitrogens with zero attached hydrogens (tertiary/aromatic N) is 4.